The molecule has 0 aliphatic carbocycles. The zero-order valence-corrected chi connectivity index (χ0v) is 8.57. The second kappa shape index (κ2) is 6.34. The summed E-state index contributed by atoms with van der Waals surface area (Å²) in [6.07, 6.45) is 1.43. The van der Waals surface area contributed by atoms with Gasteiger partial charge in [0.15, 0.2) is 0 Å². The van der Waals surface area contributed by atoms with Crippen molar-refractivity contribution in [3.05, 3.63) is 0 Å². The van der Waals surface area contributed by atoms with Crippen LogP contribution in [0.4, 0.5) is 0 Å². The van der Waals surface area contributed by atoms with Gasteiger partial charge in [-0.15, -0.1) is 5.10 Å². The molecule has 1 rings (SSSR count). The molecule has 0 aromatic carbocycles. The Hall–Kier alpha value is -1.13. The van der Waals surface area contributed by atoms with Crippen molar-refractivity contribution in [3.8, 4) is 6.07 Å². The Balaban J connectivity index is 2.34. The predicted octanol–water partition coefficient (Wildman–Crippen LogP) is 0.0277. The number of nitriles is 1. The van der Waals surface area contributed by atoms with Crippen molar-refractivity contribution in [1.82, 2.24) is 20.2 Å². The third kappa shape index (κ3) is 3.32. The van der Waals surface area contributed by atoms with Gasteiger partial charge in [0.05, 0.1) is 12.6 Å². The Kier molecular flexibility index (Phi) is 4.96. The van der Waals surface area contributed by atoms with Crippen LogP contribution in [0.15, 0.2) is 5.16 Å². The highest BCUT2D eigenvalue weighted by Gasteiger charge is 2.04. The quantitative estimate of drug-likeness (QED) is 0.528. The lowest BCUT2D eigenvalue weighted by atomic mass is 10.4. The van der Waals surface area contributed by atoms with Gasteiger partial charge in [-0.05, 0) is 16.8 Å². The summed E-state index contributed by atoms with van der Waals surface area (Å²) >= 11 is 1.55. The van der Waals surface area contributed by atoms with Crippen LogP contribution in [0.5, 0.6) is 0 Å². The molecule has 0 unspecified atom stereocenters. The lowest BCUT2D eigenvalue weighted by molar-refractivity contribution is 0.557. The highest BCUT2D eigenvalue weighted by molar-refractivity contribution is 7.99. The SMILES string of the molecule is N#CCCCSc1nnnn1CCN. The summed E-state index contributed by atoms with van der Waals surface area (Å²) in [6, 6.07) is 2.10. The molecule has 14 heavy (non-hydrogen) atoms. The number of nitrogens with two attached hydrogens (primary N) is 1. The monoisotopic (exact) mass is 212 g/mol. The minimum Gasteiger partial charge on any atom is -0.329 e. The first-order valence-electron chi connectivity index (χ1n) is 4.34. The number of rotatable bonds is 6. The third-order valence-corrected chi connectivity index (χ3v) is 2.55. The molecular formula is C7H12N6S. The Morgan fingerprint density at radius 1 is 1.57 bits per heavy atom. The highest BCUT2D eigenvalue weighted by atomic mass is 32.2. The van der Waals surface area contributed by atoms with E-state index in [0.29, 0.717) is 19.5 Å². The summed E-state index contributed by atoms with van der Waals surface area (Å²) in [5, 5.41) is 20.3. The number of hydrogen-bond acceptors (Lipinski definition) is 6. The minimum atomic E-state index is 0.525. The van der Waals surface area contributed by atoms with Gasteiger partial charge in [-0.3, -0.25) is 0 Å². The largest absolute Gasteiger partial charge is 0.329 e. The molecule has 0 bridgehead atoms. The number of tetrazole rings is 1. The smallest absolute Gasteiger partial charge is 0.209 e. The van der Waals surface area contributed by atoms with E-state index in [2.05, 4.69) is 21.6 Å². The first kappa shape index (κ1) is 10.9. The average Bonchev–Trinajstić information content (AvgIpc) is 2.61. The van der Waals surface area contributed by atoms with Crippen LogP contribution in [-0.4, -0.2) is 32.5 Å². The molecule has 7 heteroatoms. The van der Waals surface area contributed by atoms with Crippen LogP contribution in [0.3, 0.4) is 0 Å². The molecule has 0 aliphatic heterocycles. The van der Waals surface area contributed by atoms with Gasteiger partial charge in [0, 0.05) is 18.7 Å². The number of aromatic nitrogens is 4. The van der Waals surface area contributed by atoms with Gasteiger partial charge in [0.25, 0.3) is 0 Å². The molecule has 0 aliphatic rings. The Labute approximate surface area is 86.5 Å². The number of nitrogens with zero attached hydrogens (tertiary/aromatic N) is 5. The first-order valence-corrected chi connectivity index (χ1v) is 5.33. The van der Waals surface area contributed by atoms with Crippen molar-refractivity contribution in [3.63, 3.8) is 0 Å². The summed E-state index contributed by atoms with van der Waals surface area (Å²) in [6.45, 7) is 1.16. The molecule has 0 radical (unpaired) electrons. The van der Waals surface area contributed by atoms with E-state index < -0.39 is 0 Å². The molecule has 0 spiro atoms. The van der Waals surface area contributed by atoms with E-state index >= 15 is 0 Å². The highest BCUT2D eigenvalue weighted by Crippen LogP contribution is 2.14. The fourth-order valence-electron chi connectivity index (χ4n) is 0.877. The molecule has 0 atom stereocenters. The minimum absolute atomic E-state index is 0.525. The van der Waals surface area contributed by atoms with E-state index in [1.807, 2.05) is 0 Å². The van der Waals surface area contributed by atoms with Gasteiger partial charge < -0.3 is 5.73 Å². The van der Waals surface area contributed by atoms with Crippen LogP contribution in [0.25, 0.3) is 0 Å². The number of hydrogen-bond donors (Lipinski definition) is 1. The molecule has 1 heterocycles. The van der Waals surface area contributed by atoms with Crippen molar-refractivity contribution in [1.29, 1.82) is 5.26 Å². The van der Waals surface area contributed by atoms with Gasteiger partial charge in [-0.1, -0.05) is 11.8 Å². The van der Waals surface area contributed by atoms with Crippen LogP contribution in [0.1, 0.15) is 12.8 Å². The van der Waals surface area contributed by atoms with Crippen LogP contribution in [0, 0.1) is 11.3 Å². The van der Waals surface area contributed by atoms with E-state index in [0.717, 1.165) is 17.3 Å². The van der Waals surface area contributed by atoms with E-state index in [9.17, 15) is 0 Å². The molecular weight excluding hydrogens is 200 g/mol. The Morgan fingerprint density at radius 2 is 2.43 bits per heavy atom. The van der Waals surface area contributed by atoms with Crippen LogP contribution in [0.2, 0.25) is 0 Å². The first-order chi connectivity index (χ1) is 6.88. The number of thioether (sulfide) groups is 1. The zero-order valence-electron chi connectivity index (χ0n) is 7.76. The Bertz CT molecular complexity index is 303. The van der Waals surface area contributed by atoms with Gasteiger partial charge >= 0.3 is 0 Å². The maximum atomic E-state index is 8.34. The van der Waals surface area contributed by atoms with Crippen molar-refractivity contribution >= 4 is 11.8 Å². The maximum absolute atomic E-state index is 8.34. The van der Waals surface area contributed by atoms with E-state index in [4.69, 9.17) is 11.0 Å². The lowest BCUT2D eigenvalue weighted by Gasteiger charge is -2.00. The summed E-state index contributed by atoms with van der Waals surface area (Å²) in [4.78, 5) is 0. The third-order valence-electron chi connectivity index (χ3n) is 1.50. The molecule has 1 aromatic rings. The normalized spacial score (nSPS) is 10.0. The fraction of sp³-hybridized carbons (Fsp3) is 0.714. The van der Waals surface area contributed by atoms with Gasteiger partial charge in [-0.2, -0.15) is 5.26 Å². The van der Waals surface area contributed by atoms with Gasteiger partial charge in [0.1, 0.15) is 0 Å². The second-order valence-corrected chi connectivity index (χ2v) is 3.65. The van der Waals surface area contributed by atoms with Crippen molar-refractivity contribution in [2.75, 3.05) is 12.3 Å². The summed E-state index contributed by atoms with van der Waals surface area (Å²) in [5.74, 6) is 0.860. The second-order valence-electron chi connectivity index (χ2n) is 2.58. The van der Waals surface area contributed by atoms with Crippen LogP contribution in [-0.2, 0) is 6.54 Å². The summed E-state index contributed by atoms with van der Waals surface area (Å²) in [7, 11) is 0. The van der Waals surface area contributed by atoms with Crippen molar-refractivity contribution in [2.24, 2.45) is 5.73 Å². The topological polar surface area (TPSA) is 93.4 Å². The van der Waals surface area contributed by atoms with E-state index in [1.165, 1.54) is 0 Å². The molecule has 0 saturated heterocycles. The van der Waals surface area contributed by atoms with Crippen molar-refractivity contribution < 1.29 is 0 Å². The molecule has 2 N–H and O–H groups in total. The van der Waals surface area contributed by atoms with Crippen molar-refractivity contribution in [2.45, 2.75) is 24.5 Å². The Morgan fingerprint density at radius 3 is 3.14 bits per heavy atom. The molecule has 1 aromatic heterocycles. The number of unbranched alkanes of at least 4 members (excludes halogenated alkanes) is 1. The molecule has 0 amide bonds. The van der Waals surface area contributed by atoms with E-state index in [-0.39, 0.29) is 0 Å². The molecule has 76 valence electrons. The van der Waals surface area contributed by atoms with Crippen LogP contribution < -0.4 is 5.73 Å². The lowest BCUT2D eigenvalue weighted by Crippen LogP contribution is -2.12. The zero-order chi connectivity index (χ0) is 10.2. The molecule has 0 fully saturated rings. The predicted molar refractivity (Wildman–Crippen MR) is 52.4 cm³/mol. The molecule has 0 saturated carbocycles. The van der Waals surface area contributed by atoms with Gasteiger partial charge in [-0.25, -0.2) is 4.68 Å². The standard InChI is InChI=1S/C7H12N6S/c8-3-1-2-6-14-7-10-11-12-13(7)5-4-9/h1-2,4-6,9H2. The van der Waals surface area contributed by atoms with Gasteiger partial charge in [0.2, 0.25) is 5.16 Å². The average molecular weight is 212 g/mol. The fourth-order valence-corrected chi connectivity index (χ4v) is 1.72. The molecule has 6 nitrogen and oxygen atoms in total. The maximum Gasteiger partial charge on any atom is 0.209 e. The van der Waals surface area contributed by atoms with Crippen LogP contribution >= 0.6 is 11.8 Å². The summed E-state index contributed by atoms with van der Waals surface area (Å²) < 4.78 is 1.68. The van der Waals surface area contributed by atoms with E-state index in [1.54, 1.807) is 16.4 Å². The summed E-state index contributed by atoms with van der Waals surface area (Å²) in [5.41, 5.74) is 5.40.